The van der Waals surface area contributed by atoms with Crippen LogP contribution in [0.15, 0.2) is 35.2 Å². The molecule has 3 aromatic rings. The van der Waals surface area contributed by atoms with Gasteiger partial charge in [-0.25, -0.2) is 9.97 Å². The maximum absolute atomic E-state index is 4.38. The Bertz CT molecular complexity index is 618. The van der Waals surface area contributed by atoms with Crippen molar-refractivity contribution in [2.24, 2.45) is 0 Å². The van der Waals surface area contributed by atoms with Crippen molar-refractivity contribution >= 4 is 47.6 Å². The van der Waals surface area contributed by atoms with E-state index in [1.807, 2.05) is 18.3 Å². The fourth-order valence-electron chi connectivity index (χ4n) is 1.49. The first-order valence-electron chi connectivity index (χ1n) is 4.14. The van der Waals surface area contributed by atoms with E-state index in [0.717, 1.165) is 10.2 Å². The number of halogens is 1. The lowest BCUT2D eigenvalue weighted by molar-refractivity contribution is 1.17. The highest BCUT2D eigenvalue weighted by molar-refractivity contribution is 9.10. The summed E-state index contributed by atoms with van der Waals surface area (Å²) in [4.78, 5) is 8.50. The molecule has 2 nitrogen and oxygen atoms in total. The lowest BCUT2D eigenvalue weighted by Gasteiger charge is -1.90. The SMILES string of the molecule is Brc1ncc2sc3ccccc3c2n1. The van der Waals surface area contributed by atoms with Crippen LogP contribution in [0.1, 0.15) is 0 Å². The zero-order valence-corrected chi connectivity index (χ0v) is 9.47. The Kier molecular flexibility index (Phi) is 1.78. The van der Waals surface area contributed by atoms with E-state index in [2.05, 4.69) is 38.0 Å². The Morgan fingerprint density at radius 3 is 2.93 bits per heavy atom. The molecule has 0 aliphatic carbocycles. The average Bonchev–Trinajstić information content (AvgIpc) is 2.56. The predicted octanol–water partition coefficient (Wildman–Crippen LogP) is 3.61. The monoisotopic (exact) mass is 264 g/mol. The second-order valence-electron chi connectivity index (χ2n) is 2.95. The van der Waals surface area contributed by atoms with Gasteiger partial charge in [-0.1, -0.05) is 18.2 Å². The van der Waals surface area contributed by atoms with Gasteiger partial charge in [0.15, 0.2) is 4.73 Å². The zero-order chi connectivity index (χ0) is 9.54. The molecule has 2 heterocycles. The zero-order valence-electron chi connectivity index (χ0n) is 7.07. The first-order chi connectivity index (χ1) is 6.84. The molecule has 0 saturated heterocycles. The van der Waals surface area contributed by atoms with Crippen LogP contribution in [0.25, 0.3) is 20.3 Å². The van der Waals surface area contributed by atoms with Crippen molar-refractivity contribution in [3.63, 3.8) is 0 Å². The third kappa shape index (κ3) is 1.14. The molecular formula is C10H5BrN2S. The molecule has 68 valence electrons. The van der Waals surface area contributed by atoms with Crippen molar-refractivity contribution in [1.29, 1.82) is 0 Å². The summed E-state index contributed by atoms with van der Waals surface area (Å²) in [5.41, 5.74) is 1.03. The first kappa shape index (κ1) is 8.32. The van der Waals surface area contributed by atoms with Gasteiger partial charge >= 0.3 is 0 Å². The van der Waals surface area contributed by atoms with Crippen molar-refractivity contribution in [2.75, 3.05) is 0 Å². The van der Waals surface area contributed by atoms with Crippen molar-refractivity contribution in [3.8, 4) is 0 Å². The number of fused-ring (bicyclic) bond motifs is 3. The molecule has 4 heteroatoms. The third-order valence-electron chi connectivity index (χ3n) is 2.09. The number of thiophene rings is 1. The van der Waals surface area contributed by atoms with Gasteiger partial charge in [-0.15, -0.1) is 11.3 Å². The second-order valence-corrected chi connectivity index (χ2v) is 4.74. The molecule has 0 aliphatic rings. The van der Waals surface area contributed by atoms with Gasteiger partial charge in [0.25, 0.3) is 0 Å². The maximum Gasteiger partial charge on any atom is 0.197 e. The Labute approximate surface area is 92.7 Å². The number of hydrogen-bond acceptors (Lipinski definition) is 3. The molecule has 0 fully saturated rings. The van der Waals surface area contributed by atoms with E-state index in [4.69, 9.17) is 0 Å². The molecule has 0 atom stereocenters. The fraction of sp³-hybridized carbons (Fsp3) is 0. The molecule has 0 amide bonds. The van der Waals surface area contributed by atoms with Crippen molar-refractivity contribution in [2.45, 2.75) is 0 Å². The molecule has 3 rings (SSSR count). The van der Waals surface area contributed by atoms with E-state index in [0.29, 0.717) is 4.73 Å². The summed E-state index contributed by atoms with van der Waals surface area (Å²) < 4.78 is 3.04. The predicted molar refractivity (Wildman–Crippen MR) is 62.6 cm³/mol. The molecular weight excluding hydrogens is 260 g/mol. The fourth-order valence-corrected chi connectivity index (χ4v) is 2.78. The lowest BCUT2D eigenvalue weighted by Crippen LogP contribution is -1.79. The van der Waals surface area contributed by atoms with Crippen LogP contribution in [-0.2, 0) is 0 Å². The first-order valence-corrected chi connectivity index (χ1v) is 5.75. The molecule has 0 spiro atoms. The van der Waals surface area contributed by atoms with Crippen LogP contribution in [-0.4, -0.2) is 9.97 Å². The second kappa shape index (κ2) is 3.00. The minimum absolute atomic E-state index is 0.647. The van der Waals surface area contributed by atoms with Crippen LogP contribution in [0, 0.1) is 0 Å². The van der Waals surface area contributed by atoms with Gasteiger partial charge in [-0.2, -0.15) is 0 Å². The summed E-state index contributed by atoms with van der Waals surface area (Å²) in [6, 6.07) is 8.27. The van der Waals surface area contributed by atoms with Gasteiger partial charge in [-0.05, 0) is 22.0 Å². The summed E-state index contributed by atoms with van der Waals surface area (Å²) >= 11 is 5.01. The van der Waals surface area contributed by atoms with Crippen LogP contribution >= 0.6 is 27.3 Å². The van der Waals surface area contributed by atoms with Crippen LogP contribution < -0.4 is 0 Å². The van der Waals surface area contributed by atoms with Crippen LogP contribution in [0.5, 0.6) is 0 Å². The standard InChI is InChI=1S/C10H5BrN2S/c11-10-12-5-8-9(13-10)6-3-1-2-4-7(6)14-8/h1-5H. The summed E-state index contributed by atoms with van der Waals surface area (Å²) in [6.07, 6.45) is 1.86. The van der Waals surface area contributed by atoms with Crippen molar-refractivity contribution in [1.82, 2.24) is 9.97 Å². The van der Waals surface area contributed by atoms with E-state index in [1.165, 1.54) is 10.1 Å². The molecule has 0 unspecified atom stereocenters. The Morgan fingerprint density at radius 2 is 2.00 bits per heavy atom. The largest absolute Gasteiger partial charge is 0.229 e. The molecule has 0 bridgehead atoms. The number of rotatable bonds is 0. The summed E-state index contributed by atoms with van der Waals surface area (Å²) in [5.74, 6) is 0. The van der Waals surface area contributed by atoms with E-state index >= 15 is 0 Å². The minimum atomic E-state index is 0.647. The Balaban J connectivity index is 2.58. The van der Waals surface area contributed by atoms with Gasteiger partial charge < -0.3 is 0 Å². The van der Waals surface area contributed by atoms with Crippen molar-refractivity contribution in [3.05, 3.63) is 35.2 Å². The molecule has 0 saturated carbocycles. The molecule has 0 N–H and O–H groups in total. The van der Waals surface area contributed by atoms with Gasteiger partial charge in [0.2, 0.25) is 0 Å². The summed E-state index contributed by atoms with van der Waals surface area (Å²) in [5, 5.41) is 1.20. The van der Waals surface area contributed by atoms with Crippen LogP contribution in [0.4, 0.5) is 0 Å². The Morgan fingerprint density at radius 1 is 1.14 bits per heavy atom. The number of hydrogen-bond donors (Lipinski definition) is 0. The van der Waals surface area contributed by atoms with E-state index < -0.39 is 0 Å². The summed E-state index contributed by atoms with van der Waals surface area (Å²) in [6.45, 7) is 0. The number of benzene rings is 1. The van der Waals surface area contributed by atoms with E-state index in [1.54, 1.807) is 11.3 Å². The van der Waals surface area contributed by atoms with Crippen LogP contribution in [0.3, 0.4) is 0 Å². The lowest BCUT2D eigenvalue weighted by atomic mass is 10.2. The molecule has 2 aromatic heterocycles. The smallest absolute Gasteiger partial charge is 0.197 e. The molecule has 14 heavy (non-hydrogen) atoms. The molecule has 0 radical (unpaired) electrons. The summed E-state index contributed by atoms with van der Waals surface area (Å²) in [7, 11) is 0. The van der Waals surface area contributed by atoms with Gasteiger partial charge in [0.1, 0.15) is 0 Å². The molecule has 1 aromatic carbocycles. The quantitative estimate of drug-likeness (QED) is 0.580. The molecule has 0 aliphatic heterocycles. The van der Waals surface area contributed by atoms with Gasteiger partial charge in [-0.3, -0.25) is 0 Å². The number of nitrogens with zero attached hydrogens (tertiary/aromatic N) is 2. The minimum Gasteiger partial charge on any atom is -0.229 e. The van der Waals surface area contributed by atoms with E-state index in [-0.39, 0.29) is 0 Å². The number of aromatic nitrogens is 2. The highest BCUT2D eigenvalue weighted by Gasteiger charge is 2.05. The van der Waals surface area contributed by atoms with Gasteiger partial charge in [0, 0.05) is 16.3 Å². The third-order valence-corrected chi connectivity index (χ3v) is 3.56. The Hall–Kier alpha value is -1.00. The van der Waals surface area contributed by atoms with E-state index in [9.17, 15) is 0 Å². The van der Waals surface area contributed by atoms with Gasteiger partial charge in [0.05, 0.1) is 10.2 Å². The van der Waals surface area contributed by atoms with Crippen molar-refractivity contribution < 1.29 is 0 Å². The highest BCUT2D eigenvalue weighted by atomic mass is 79.9. The average molecular weight is 265 g/mol. The normalized spacial score (nSPS) is 11.2. The topological polar surface area (TPSA) is 25.8 Å². The maximum atomic E-state index is 4.38. The van der Waals surface area contributed by atoms with Crippen LogP contribution in [0.2, 0.25) is 0 Å². The highest BCUT2D eigenvalue weighted by Crippen LogP contribution is 2.31.